The zero-order valence-electron chi connectivity index (χ0n) is 22.2. The van der Waals surface area contributed by atoms with E-state index in [1.807, 2.05) is 32.4 Å². The molecule has 196 valence electrons. The summed E-state index contributed by atoms with van der Waals surface area (Å²) in [4.78, 5) is 42.5. The van der Waals surface area contributed by atoms with Gasteiger partial charge >= 0.3 is 11.8 Å². The number of rotatable bonds is 11. The van der Waals surface area contributed by atoms with E-state index in [0.29, 0.717) is 0 Å². The van der Waals surface area contributed by atoms with Crippen molar-refractivity contribution in [3.05, 3.63) is 44.0 Å². The van der Waals surface area contributed by atoms with Gasteiger partial charge in [-0.1, -0.05) is 6.92 Å². The molecule has 2 heterocycles. The zero-order valence-corrected chi connectivity index (χ0v) is 22.1. The molecule has 6 atom stereocenters. The van der Waals surface area contributed by atoms with Crippen LogP contribution in [0, 0.1) is 13.5 Å². The Morgan fingerprint density at radius 1 is 1.37 bits per heavy atom. The van der Waals surface area contributed by atoms with Crippen molar-refractivity contribution in [2.45, 2.75) is 84.6 Å². The van der Waals surface area contributed by atoms with E-state index in [0.717, 1.165) is 4.57 Å². The van der Waals surface area contributed by atoms with E-state index in [-0.39, 0.29) is 30.8 Å². The second-order valence-electron chi connectivity index (χ2n) is 8.51. The number of amides is 1. The summed E-state index contributed by atoms with van der Waals surface area (Å²) < 4.78 is 35.7. The van der Waals surface area contributed by atoms with Crippen LogP contribution in [0.3, 0.4) is 0 Å². The van der Waals surface area contributed by atoms with Crippen molar-refractivity contribution in [1.82, 2.24) is 19.5 Å². The number of aromatic amines is 1. The summed E-state index contributed by atoms with van der Waals surface area (Å²) in [6.07, 6.45) is -4.50. The number of hydrogen-bond donors (Lipinski definition) is 2. The van der Waals surface area contributed by atoms with E-state index >= 15 is 0 Å². The number of aromatic nitrogens is 2. The van der Waals surface area contributed by atoms with Gasteiger partial charge in [-0.3, -0.25) is 14.3 Å². The first kappa shape index (κ1) is 27.3. The van der Waals surface area contributed by atoms with Gasteiger partial charge in [0.1, 0.15) is 12.7 Å². The van der Waals surface area contributed by atoms with Crippen LogP contribution in [0.2, 0.25) is 0 Å². The van der Waals surface area contributed by atoms with Crippen LogP contribution < -0.4 is 16.6 Å². The van der Waals surface area contributed by atoms with Crippen LogP contribution in [0.4, 0.5) is 4.79 Å². The zero-order chi connectivity index (χ0) is 27.2. The largest absolute Gasteiger partial charge is 0.438 e. The molecule has 12 nitrogen and oxygen atoms in total. The Hall–Kier alpha value is -2.29. The lowest BCUT2D eigenvalue weighted by Gasteiger charge is -2.38. The Labute approximate surface area is 208 Å². The number of ether oxygens (including phenoxy) is 2. The molecule has 1 amide bonds. The number of carbonyl (C=O) groups is 1. The number of carbonyl (C=O) groups excluding carboxylic acids is 1. The first-order valence-electron chi connectivity index (χ1n) is 12.0. The molecule has 1 fully saturated rings. The molecule has 35 heavy (non-hydrogen) atoms. The van der Waals surface area contributed by atoms with E-state index in [1.165, 1.54) is 20.2 Å². The molecular weight excluding hydrogens is 477 g/mol. The quantitative estimate of drug-likeness (QED) is 0.262. The summed E-state index contributed by atoms with van der Waals surface area (Å²) in [6.45, 7) is 18.4. The monoisotopic (exact) mass is 514 g/mol. The molecule has 1 aromatic rings. The Morgan fingerprint density at radius 2 is 2.03 bits per heavy atom. The lowest BCUT2D eigenvalue weighted by Crippen LogP contribution is -2.43. The van der Waals surface area contributed by atoms with Crippen LogP contribution in [-0.4, -0.2) is 70.9 Å². The van der Waals surface area contributed by atoms with Gasteiger partial charge in [0.25, 0.3) is 14.1 Å². The van der Waals surface area contributed by atoms with Gasteiger partial charge in [0, 0.05) is 32.3 Å². The highest BCUT2D eigenvalue weighted by molar-refractivity contribution is 7.44. The van der Waals surface area contributed by atoms with Crippen molar-refractivity contribution in [1.29, 1.82) is 0 Å². The number of aryl methyl sites for hydroxylation is 1. The van der Waals surface area contributed by atoms with Crippen molar-refractivity contribution in [3.63, 3.8) is 0 Å². The van der Waals surface area contributed by atoms with Crippen LogP contribution in [0.25, 0.3) is 4.85 Å². The van der Waals surface area contributed by atoms with Crippen molar-refractivity contribution < 1.29 is 24.7 Å². The van der Waals surface area contributed by atoms with Crippen LogP contribution in [0.1, 0.15) is 54.2 Å². The number of H-pyrrole nitrogens is 1. The first-order chi connectivity index (χ1) is 16.9. The van der Waals surface area contributed by atoms with Gasteiger partial charge in [-0.25, -0.2) is 20.8 Å². The van der Waals surface area contributed by atoms with Gasteiger partial charge < -0.3 is 28.7 Å². The highest BCUT2D eigenvalue weighted by Crippen LogP contribution is 2.50. The Bertz CT molecular complexity index is 1030. The summed E-state index contributed by atoms with van der Waals surface area (Å²) >= 11 is 0. The minimum atomic E-state index is -1.77. The summed E-state index contributed by atoms with van der Waals surface area (Å²) in [7, 11) is -0.378. The minimum Gasteiger partial charge on any atom is -0.438 e. The first-order valence-corrected chi connectivity index (χ1v) is 12.5. The molecule has 1 saturated heterocycles. The molecule has 0 aliphatic carbocycles. The molecule has 0 radical (unpaired) electrons. The average molecular weight is 515 g/mol. The fourth-order valence-electron chi connectivity index (χ4n) is 3.75. The van der Waals surface area contributed by atoms with Gasteiger partial charge in [0.15, 0.2) is 12.3 Å². The lowest BCUT2D eigenvalue weighted by atomic mass is 10.1. The number of nitrogens with one attached hydrogen (secondary N) is 2. The second kappa shape index (κ2) is 13.1. The van der Waals surface area contributed by atoms with Crippen molar-refractivity contribution in [3.8, 4) is 0 Å². The van der Waals surface area contributed by atoms with Crippen LogP contribution in [-0.2, 0) is 18.5 Å². The van der Waals surface area contributed by atoms with Crippen molar-refractivity contribution in [2.75, 3.05) is 20.2 Å². The molecule has 0 spiro atoms. The predicted molar refractivity (Wildman–Crippen MR) is 131 cm³/mol. The summed E-state index contributed by atoms with van der Waals surface area (Å²) in [5.74, 6) is 0. The predicted octanol–water partition coefficient (Wildman–Crippen LogP) is 2.54. The fraction of sp³-hybridized carbons (Fsp3) is 0.727. The van der Waals surface area contributed by atoms with E-state index in [1.54, 1.807) is 6.92 Å². The molecule has 0 bridgehead atoms. The van der Waals surface area contributed by atoms with E-state index < -0.39 is 56.8 Å². The normalized spacial score (nSPS) is 24.3. The molecule has 0 aromatic carbocycles. The van der Waals surface area contributed by atoms with Gasteiger partial charge in [-0.15, -0.1) is 0 Å². The smallest absolute Gasteiger partial charge is 0.407 e. The number of alkyl carbamates (subject to hydrolysis) is 1. The number of nitrogens with zero attached hydrogens (tertiary/aromatic N) is 3. The Balaban J connectivity index is 2.57. The highest BCUT2D eigenvalue weighted by atomic mass is 31.2. The SMILES string of the molecule is [2H][C@@H](C)[C@H]1O[C@@H](n2cc(C)c(=O)[nH]c2=O)[C@H](OC(=O)NC)[C@@H]1OP(OCC[N+]#[C-])N(C(C)C)C(C)C. The minimum absolute atomic E-state index is 0.0109. The molecule has 1 aromatic heterocycles. The Morgan fingerprint density at radius 3 is 2.57 bits per heavy atom. The molecule has 2 N–H and O–H groups in total. The molecule has 13 heteroatoms. The van der Waals surface area contributed by atoms with Crippen molar-refractivity contribution in [2.24, 2.45) is 0 Å². The average Bonchev–Trinajstić information content (AvgIpc) is 3.13. The molecule has 2 rings (SSSR count). The second-order valence-corrected chi connectivity index (χ2v) is 9.92. The van der Waals surface area contributed by atoms with E-state index in [2.05, 4.69) is 15.1 Å². The fourth-order valence-corrected chi connectivity index (χ4v) is 5.50. The third kappa shape index (κ3) is 7.12. The van der Waals surface area contributed by atoms with Gasteiger partial charge in [-0.2, -0.15) is 0 Å². The molecule has 1 aliphatic rings. The van der Waals surface area contributed by atoms with Crippen LogP contribution in [0.5, 0.6) is 0 Å². The standard InChI is InChI=1S/C22H36N5O7P/c1-9-16-17(34-35(31-11-10-23-7)27(13(2)3)14(4)5)18(33-22(30)24-8)20(32-16)26-12-15(6)19(28)25-21(26)29/h12-14,16-18,20H,9-11H2,1-6,8H3,(H,24,30)(H,25,28,29)/t16-,17-,18-,20-,35?/m1/s1/i9D/t9-,16+,17+,18+,20+,35?/m0. The van der Waals surface area contributed by atoms with Crippen LogP contribution in [0.15, 0.2) is 15.8 Å². The summed E-state index contributed by atoms with van der Waals surface area (Å²) in [6, 6.07) is 0.0219. The molecular formula is C22H36N5O7P. The van der Waals surface area contributed by atoms with E-state index in [4.69, 9.17) is 26.5 Å². The van der Waals surface area contributed by atoms with Gasteiger partial charge in [0.2, 0.25) is 6.54 Å². The maximum Gasteiger partial charge on any atom is 0.407 e. The maximum atomic E-state index is 12.7. The van der Waals surface area contributed by atoms with Crippen LogP contribution >= 0.6 is 8.53 Å². The van der Waals surface area contributed by atoms with Crippen molar-refractivity contribution >= 4 is 14.6 Å². The van der Waals surface area contributed by atoms with E-state index in [9.17, 15) is 14.4 Å². The molecule has 1 unspecified atom stereocenters. The summed E-state index contributed by atoms with van der Waals surface area (Å²) in [5, 5.41) is 2.38. The molecule has 0 saturated carbocycles. The summed E-state index contributed by atoms with van der Waals surface area (Å²) in [5.41, 5.74) is -1.04. The highest BCUT2D eigenvalue weighted by Gasteiger charge is 2.50. The topological polar surface area (TPSA) is 128 Å². The number of hydrogen-bond acceptors (Lipinski definition) is 8. The Kier molecular flexibility index (Phi) is 10.2. The third-order valence-corrected chi connectivity index (χ3v) is 7.41. The lowest BCUT2D eigenvalue weighted by molar-refractivity contribution is -0.0447. The third-order valence-electron chi connectivity index (χ3n) is 5.28. The molecule has 1 aliphatic heterocycles. The maximum absolute atomic E-state index is 12.7. The van der Waals surface area contributed by atoms with Gasteiger partial charge in [-0.05, 0) is 41.0 Å². The van der Waals surface area contributed by atoms with Gasteiger partial charge in [0.05, 0.1) is 6.10 Å².